The second kappa shape index (κ2) is 9.81. The van der Waals surface area contributed by atoms with Crippen molar-refractivity contribution in [2.75, 3.05) is 13.7 Å². The lowest BCUT2D eigenvalue weighted by Crippen LogP contribution is -2.45. The van der Waals surface area contributed by atoms with Gasteiger partial charge in [0.15, 0.2) is 6.61 Å². The molecule has 0 heterocycles. The highest BCUT2D eigenvalue weighted by Crippen LogP contribution is 2.24. The molecule has 1 aromatic rings. The fourth-order valence-electron chi connectivity index (χ4n) is 3.01. The van der Waals surface area contributed by atoms with Gasteiger partial charge in [0, 0.05) is 6.42 Å². The third kappa shape index (κ3) is 6.21. The lowest BCUT2D eigenvalue weighted by Gasteiger charge is -2.20. The Morgan fingerprint density at radius 2 is 1.80 bits per heavy atom. The van der Waals surface area contributed by atoms with Gasteiger partial charge < -0.3 is 14.8 Å². The van der Waals surface area contributed by atoms with Crippen molar-refractivity contribution in [2.24, 2.45) is 5.92 Å². The number of hydrogen-bond donors (Lipinski definition) is 1. The third-order valence-electron chi connectivity index (χ3n) is 4.39. The van der Waals surface area contributed by atoms with Gasteiger partial charge in [-0.15, -0.1) is 0 Å². The van der Waals surface area contributed by atoms with Crippen LogP contribution in [0.2, 0.25) is 0 Å². The van der Waals surface area contributed by atoms with Gasteiger partial charge in [-0.25, -0.2) is 4.79 Å². The summed E-state index contributed by atoms with van der Waals surface area (Å²) < 4.78 is 9.85. The van der Waals surface area contributed by atoms with Gasteiger partial charge >= 0.3 is 11.9 Å². The highest BCUT2D eigenvalue weighted by molar-refractivity contribution is 5.86. The quantitative estimate of drug-likeness (QED) is 0.763. The molecule has 0 unspecified atom stereocenters. The molecular weight excluding hydrogens is 322 g/mol. The van der Waals surface area contributed by atoms with Crippen LogP contribution in [0.15, 0.2) is 30.3 Å². The number of methoxy groups -OCH3 is 1. The molecule has 1 aliphatic carbocycles. The molecule has 2 rings (SSSR count). The molecule has 1 N–H and O–H groups in total. The van der Waals surface area contributed by atoms with Gasteiger partial charge in [0.1, 0.15) is 6.04 Å². The number of hydrogen-bond acceptors (Lipinski definition) is 5. The van der Waals surface area contributed by atoms with Crippen LogP contribution in [0.3, 0.4) is 0 Å². The topological polar surface area (TPSA) is 81.7 Å². The fourth-order valence-corrected chi connectivity index (χ4v) is 3.01. The first-order valence-corrected chi connectivity index (χ1v) is 8.68. The number of esters is 2. The normalized spacial score (nSPS) is 15.9. The summed E-state index contributed by atoms with van der Waals surface area (Å²) in [7, 11) is 1.27. The number of amides is 1. The predicted octanol–water partition coefficient (Wildman–Crippen LogP) is 2.01. The molecule has 1 fully saturated rings. The van der Waals surface area contributed by atoms with E-state index in [0.717, 1.165) is 37.7 Å². The fraction of sp³-hybridized carbons (Fsp3) is 0.526. The first kappa shape index (κ1) is 19.0. The molecule has 1 atom stereocenters. The first-order valence-electron chi connectivity index (χ1n) is 8.68. The molecule has 0 spiro atoms. The molecule has 136 valence electrons. The Balaban J connectivity index is 1.84. The Morgan fingerprint density at radius 1 is 1.12 bits per heavy atom. The standard InChI is InChI=1S/C19H25NO5/c1-24-19(23)16(12-14-8-4-2-5-9-14)20-17(21)13-25-18(22)15-10-6-3-7-11-15/h2,4-5,8-9,15-16H,3,6-7,10-13H2,1H3,(H,20,21)/t16-/m1/s1. The van der Waals surface area contributed by atoms with Gasteiger partial charge in [-0.1, -0.05) is 49.6 Å². The summed E-state index contributed by atoms with van der Waals surface area (Å²) in [6, 6.07) is 8.51. The molecule has 1 amide bonds. The van der Waals surface area contributed by atoms with Gasteiger partial charge in [-0.05, 0) is 18.4 Å². The molecule has 1 saturated carbocycles. The van der Waals surface area contributed by atoms with E-state index in [-0.39, 0.29) is 18.5 Å². The lowest BCUT2D eigenvalue weighted by atomic mass is 9.89. The smallest absolute Gasteiger partial charge is 0.328 e. The SMILES string of the molecule is COC(=O)[C@@H](Cc1ccccc1)NC(=O)COC(=O)C1CCCCC1. The van der Waals surface area contributed by atoms with Gasteiger partial charge in [0.25, 0.3) is 5.91 Å². The van der Waals surface area contributed by atoms with Crippen LogP contribution in [0.5, 0.6) is 0 Å². The zero-order valence-electron chi connectivity index (χ0n) is 14.5. The Kier molecular flexibility index (Phi) is 7.44. The Morgan fingerprint density at radius 3 is 2.44 bits per heavy atom. The average molecular weight is 347 g/mol. The maximum absolute atomic E-state index is 12.1. The van der Waals surface area contributed by atoms with Crippen LogP contribution in [0.25, 0.3) is 0 Å². The second-order valence-electron chi connectivity index (χ2n) is 6.28. The number of nitrogens with one attached hydrogen (secondary N) is 1. The molecule has 1 aromatic carbocycles. The molecule has 6 heteroatoms. The number of rotatable bonds is 7. The third-order valence-corrected chi connectivity index (χ3v) is 4.39. The monoisotopic (exact) mass is 347 g/mol. The van der Waals surface area contributed by atoms with Gasteiger partial charge in [0.05, 0.1) is 13.0 Å². The van der Waals surface area contributed by atoms with Gasteiger partial charge in [0.2, 0.25) is 0 Å². The maximum atomic E-state index is 12.1. The lowest BCUT2D eigenvalue weighted by molar-refractivity contribution is -0.154. The molecule has 0 aromatic heterocycles. The van der Waals surface area contributed by atoms with E-state index in [0.29, 0.717) is 6.42 Å². The predicted molar refractivity (Wildman–Crippen MR) is 91.6 cm³/mol. The Hall–Kier alpha value is -2.37. The van der Waals surface area contributed by atoms with E-state index >= 15 is 0 Å². The minimum atomic E-state index is -0.812. The average Bonchev–Trinajstić information content (AvgIpc) is 2.66. The van der Waals surface area contributed by atoms with Gasteiger partial charge in [-0.3, -0.25) is 9.59 Å². The van der Waals surface area contributed by atoms with Crippen LogP contribution in [0, 0.1) is 5.92 Å². The minimum Gasteiger partial charge on any atom is -0.467 e. The summed E-state index contributed by atoms with van der Waals surface area (Å²) in [6.45, 7) is -0.377. The van der Waals surface area contributed by atoms with Crippen LogP contribution >= 0.6 is 0 Å². The molecule has 25 heavy (non-hydrogen) atoms. The van der Waals surface area contributed by atoms with Crippen LogP contribution in [0.1, 0.15) is 37.7 Å². The summed E-state index contributed by atoms with van der Waals surface area (Å²) in [4.78, 5) is 35.9. The number of carbonyl (C=O) groups excluding carboxylic acids is 3. The van der Waals surface area contributed by atoms with Crippen molar-refractivity contribution >= 4 is 17.8 Å². The van der Waals surface area contributed by atoms with Crippen molar-refractivity contribution in [1.29, 1.82) is 0 Å². The molecule has 0 bridgehead atoms. The van der Waals surface area contributed by atoms with Crippen molar-refractivity contribution in [3.05, 3.63) is 35.9 Å². The van der Waals surface area contributed by atoms with E-state index < -0.39 is 17.9 Å². The largest absolute Gasteiger partial charge is 0.467 e. The first-order chi connectivity index (χ1) is 12.1. The van der Waals surface area contributed by atoms with Crippen molar-refractivity contribution in [1.82, 2.24) is 5.32 Å². The van der Waals surface area contributed by atoms with Crippen LogP contribution < -0.4 is 5.32 Å². The second-order valence-corrected chi connectivity index (χ2v) is 6.28. The van der Waals surface area contributed by atoms with E-state index in [2.05, 4.69) is 5.32 Å². The summed E-state index contributed by atoms with van der Waals surface area (Å²) in [5.74, 6) is -1.47. The molecule has 0 aliphatic heterocycles. The van der Waals surface area contributed by atoms with E-state index in [1.54, 1.807) is 0 Å². The molecule has 0 radical (unpaired) electrons. The minimum absolute atomic E-state index is 0.109. The van der Waals surface area contributed by atoms with Crippen molar-refractivity contribution in [2.45, 2.75) is 44.6 Å². The van der Waals surface area contributed by atoms with Crippen LogP contribution in [0.4, 0.5) is 0 Å². The van der Waals surface area contributed by atoms with Crippen molar-refractivity contribution < 1.29 is 23.9 Å². The van der Waals surface area contributed by atoms with Crippen LogP contribution in [-0.4, -0.2) is 37.6 Å². The van der Waals surface area contributed by atoms with E-state index in [1.165, 1.54) is 7.11 Å². The number of benzene rings is 1. The van der Waals surface area contributed by atoms with E-state index in [1.807, 2.05) is 30.3 Å². The van der Waals surface area contributed by atoms with Crippen molar-refractivity contribution in [3.63, 3.8) is 0 Å². The zero-order chi connectivity index (χ0) is 18.1. The number of ether oxygens (including phenoxy) is 2. The van der Waals surface area contributed by atoms with E-state index in [4.69, 9.17) is 9.47 Å². The zero-order valence-corrected chi connectivity index (χ0v) is 14.5. The van der Waals surface area contributed by atoms with Gasteiger partial charge in [-0.2, -0.15) is 0 Å². The summed E-state index contributed by atoms with van der Waals surface area (Å²) in [6.07, 6.45) is 5.14. The Bertz CT molecular complexity index is 581. The summed E-state index contributed by atoms with van der Waals surface area (Å²) in [5, 5.41) is 2.58. The summed E-state index contributed by atoms with van der Waals surface area (Å²) >= 11 is 0. The Labute approximate surface area is 147 Å². The number of carbonyl (C=O) groups is 3. The molecular formula is C19H25NO5. The highest BCUT2D eigenvalue weighted by Gasteiger charge is 2.25. The molecule has 0 saturated heterocycles. The van der Waals surface area contributed by atoms with E-state index in [9.17, 15) is 14.4 Å². The highest BCUT2D eigenvalue weighted by atomic mass is 16.5. The van der Waals surface area contributed by atoms with Crippen molar-refractivity contribution in [3.8, 4) is 0 Å². The molecule has 1 aliphatic rings. The molecule has 6 nitrogen and oxygen atoms in total. The maximum Gasteiger partial charge on any atom is 0.328 e. The summed E-state index contributed by atoms with van der Waals surface area (Å²) in [5.41, 5.74) is 0.900. The van der Waals surface area contributed by atoms with Crippen LogP contribution in [-0.2, 0) is 30.3 Å².